The van der Waals surface area contributed by atoms with Gasteiger partial charge in [0.05, 0.1) is 5.52 Å². The molecule has 0 atom stereocenters. The Hall–Kier alpha value is -1.17. The van der Waals surface area contributed by atoms with Gasteiger partial charge in [-0.05, 0) is 28.1 Å². The molecule has 2 aromatic heterocycles. The Balaban J connectivity index is 2.80. The Morgan fingerprint density at radius 3 is 2.60 bits per heavy atom. The average Bonchev–Trinajstić information content (AvgIpc) is 2.15. The lowest BCUT2D eigenvalue weighted by Crippen LogP contribution is -2.08. The van der Waals surface area contributed by atoms with Crippen LogP contribution in [0.4, 0.5) is 13.2 Å². The second-order valence-electron chi connectivity index (χ2n) is 2.88. The Morgan fingerprint density at radius 2 is 1.93 bits per heavy atom. The van der Waals surface area contributed by atoms with Gasteiger partial charge in [-0.1, -0.05) is 0 Å². The van der Waals surface area contributed by atoms with Crippen LogP contribution in [0, 0.1) is 0 Å². The fourth-order valence-electron chi connectivity index (χ4n) is 1.25. The third-order valence-corrected chi connectivity index (χ3v) is 2.28. The zero-order valence-electron chi connectivity index (χ0n) is 7.22. The summed E-state index contributed by atoms with van der Waals surface area (Å²) in [7, 11) is 0. The molecule has 2 aromatic rings. The van der Waals surface area contributed by atoms with Crippen molar-refractivity contribution in [2.75, 3.05) is 0 Å². The molecule has 0 fully saturated rings. The van der Waals surface area contributed by atoms with Crippen LogP contribution in [0.25, 0.3) is 10.9 Å². The van der Waals surface area contributed by atoms with Crippen molar-refractivity contribution in [1.29, 1.82) is 0 Å². The van der Waals surface area contributed by atoms with Gasteiger partial charge in [0.15, 0.2) is 5.69 Å². The van der Waals surface area contributed by atoms with Crippen LogP contribution in [0.5, 0.6) is 0 Å². The summed E-state index contributed by atoms with van der Waals surface area (Å²) in [6.45, 7) is 0. The molecule has 15 heavy (non-hydrogen) atoms. The normalized spacial score (nSPS) is 12.0. The monoisotopic (exact) mass is 276 g/mol. The van der Waals surface area contributed by atoms with Crippen LogP contribution in [0.15, 0.2) is 29.0 Å². The van der Waals surface area contributed by atoms with Crippen molar-refractivity contribution in [1.82, 2.24) is 9.97 Å². The van der Waals surface area contributed by atoms with E-state index < -0.39 is 11.9 Å². The van der Waals surface area contributed by atoms with Gasteiger partial charge < -0.3 is 0 Å². The predicted molar refractivity (Wildman–Crippen MR) is 52.2 cm³/mol. The van der Waals surface area contributed by atoms with Gasteiger partial charge >= 0.3 is 6.18 Å². The van der Waals surface area contributed by atoms with E-state index in [0.29, 0.717) is 4.47 Å². The molecule has 0 spiro atoms. The molecule has 0 saturated carbocycles. The van der Waals surface area contributed by atoms with Crippen LogP contribution in [0.1, 0.15) is 5.69 Å². The molecule has 0 aromatic carbocycles. The maximum Gasteiger partial charge on any atom is 0.434 e. The highest BCUT2D eigenvalue weighted by molar-refractivity contribution is 9.10. The second kappa shape index (κ2) is 3.44. The quantitative estimate of drug-likeness (QED) is 0.737. The molecule has 2 rings (SSSR count). The highest BCUT2D eigenvalue weighted by Gasteiger charge is 2.34. The number of aromatic nitrogens is 2. The molecule has 0 amide bonds. The molecule has 78 valence electrons. The summed E-state index contributed by atoms with van der Waals surface area (Å²) in [6, 6.07) is 2.80. The first-order chi connectivity index (χ1) is 6.98. The van der Waals surface area contributed by atoms with Gasteiger partial charge in [0.1, 0.15) is 0 Å². The molecule has 0 bridgehead atoms. The van der Waals surface area contributed by atoms with Crippen LogP contribution in [0.2, 0.25) is 0 Å². The molecule has 0 aliphatic rings. The largest absolute Gasteiger partial charge is 0.434 e. The Morgan fingerprint density at radius 1 is 1.20 bits per heavy atom. The van der Waals surface area contributed by atoms with E-state index in [1.54, 1.807) is 0 Å². The van der Waals surface area contributed by atoms with E-state index in [9.17, 15) is 13.2 Å². The first kappa shape index (κ1) is 10.4. The van der Waals surface area contributed by atoms with Crippen LogP contribution < -0.4 is 0 Å². The van der Waals surface area contributed by atoms with Crippen molar-refractivity contribution in [3.8, 4) is 0 Å². The summed E-state index contributed by atoms with van der Waals surface area (Å²) in [5.41, 5.74) is -0.630. The molecular weight excluding hydrogens is 273 g/mol. The molecule has 0 radical (unpaired) electrons. The molecular formula is C9H4BrF3N2. The number of fused-ring (bicyclic) bond motifs is 1. The summed E-state index contributed by atoms with van der Waals surface area (Å²) >= 11 is 3.08. The number of pyridine rings is 2. The highest BCUT2D eigenvalue weighted by Crippen LogP contribution is 2.33. The number of hydrogen-bond donors (Lipinski definition) is 0. The third kappa shape index (κ3) is 1.94. The first-order valence-electron chi connectivity index (χ1n) is 3.96. The number of halogens is 4. The summed E-state index contributed by atoms with van der Waals surface area (Å²) < 4.78 is 38.1. The van der Waals surface area contributed by atoms with Gasteiger partial charge in [-0.25, -0.2) is 0 Å². The lowest BCUT2D eigenvalue weighted by atomic mass is 10.2. The second-order valence-corrected chi connectivity index (χ2v) is 3.79. The van der Waals surface area contributed by atoms with Crippen LogP contribution in [0.3, 0.4) is 0 Å². The minimum absolute atomic E-state index is 0.000579. The van der Waals surface area contributed by atoms with E-state index in [0.717, 1.165) is 6.20 Å². The topological polar surface area (TPSA) is 25.8 Å². The zero-order chi connectivity index (χ0) is 11.1. The molecule has 0 unspecified atom stereocenters. The van der Waals surface area contributed by atoms with E-state index in [-0.39, 0.29) is 10.9 Å². The van der Waals surface area contributed by atoms with E-state index in [1.165, 1.54) is 18.3 Å². The van der Waals surface area contributed by atoms with Crippen molar-refractivity contribution < 1.29 is 13.2 Å². The van der Waals surface area contributed by atoms with E-state index >= 15 is 0 Å². The van der Waals surface area contributed by atoms with Crippen molar-refractivity contribution in [2.24, 2.45) is 0 Å². The van der Waals surface area contributed by atoms with E-state index in [4.69, 9.17) is 0 Å². The summed E-state index contributed by atoms with van der Waals surface area (Å²) in [6.07, 6.45) is -1.91. The summed E-state index contributed by atoms with van der Waals surface area (Å²) in [5, 5.41) is -0.000579. The third-order valence-electron chi connectivity index (χ3n) is 1.84. The lowest BCUT2D eigenvalue weighted by Gasteiger charge is -2.08. The molecule has 6 heteroatoms. The summed E-state index contributed by atoms with van der Waals surface area (Å²) in [4.78, 5) is 7.20. The molecule has 2 heterocycles. The van der Waals surface area contributed by atoms with Crippen molar-refractivity contribution in [3.63, 3.8) is 0 Å². The Labute approximate surface area is 91.3 Å². The minimum atomic E-state index is -4.46. The predicted octanol–water partition coefficient (Wildman–Crippen LogP) is 3.41. The van der Waals surface area contributed by atoms with Crippen molar-refractivity contribution in [3.05, 3.63) is 34.7 Å². The standard InChI is InChI=1S/C9H4BrF3N2/c10-5-3-6-7(15-4-5)1-2-14-8(6)9(11,12)13/h1-4H. The minimum Gasteiger partial charge on any atom is -0.255 e. The van der Waals surface area contributed by atoms with E-state index in [2.05, 4.69) is 25.9 Å². The Bertz CT molecular complexity index is 510. The van der Waals surface area contributed by atoms with Crippen LogP contribution in [-0.2, 0) is 6.18 Å². The van der Waals surface area contributed by atoms with Gasteiger partial charge in [-0.15, -0.1) is 0 Å². The molecule has 2 nitrogen and oxygen atoms in total. The fraction of sp³-hybridized carbons (Fsp3) is 0.111. The molecule has 0 saturated heterocycles. The average molecular weight is 277 g/mol. The van der Waals surface area contributed by atoms with Crippen LogP contribution in [-0.4, -0.2) is 9.97 Å². The highest BCUT2D eigenvalue weighted by atomic mass is 79.9. The van der Waals surface area contributed by atoms with Gasteiger partial charge in [0.2, 0.25) is 0 Å². The number of rotatable bonds is 0. The zero-order valence-corrected chi connectivity index (χ0v) is 8.80. The van der Waals surface area contributed by atoms with Crippen molar-refractivity contribution in [2.45, 2.75) is 6.18 Å². The molecule has 0 aliphatic heterocycles. The van der Waals surface area contributed by atoms with Crippen molar-refractivity contribution >= 4 is 26.8 Å². The summed E-state index contributed by atoms with van der Waals surface area (Å²) in [5.74, 6) is 0. The maximum absolute atomic E-state index is 12.5. The first-order valence-corrected chi connectivity index (χ1v) is 4.75. The number of hydrogen-bond acceptors (Lipinski definition) is 2. The number of nitrogens with zero attached hydrogens (tertiary/aromatic N) is 2. The van der Waals surface area contributed by atoms with Gasteiger partial charge in [0, 0.05) is 22.3 Å². The number of alkyl halides is 3. The molecule has 0 aliphatic carbocycles. The van der Waals surface area contributed by atoms with E-state index in [1.807, 2.05) is 0 Å². The van der Waals surface area contributed by atoms with Gasteiger partial charge in [-0.2, -0.15) is 13.2 Å². The lowest BCUT2D eigenvalue weighted by molar-refractivity contribution is -0.139. The molecule has 0 N–H and O–H groups in total. The fourth-order valence-corrected chi connectivity index (χ4v) is 1.58. The maximum atomic E-state index is 12.5. The van der Waals surface area contributed by atoms with Crippen LogP contribution >= 0.6 is 15.9 Å². The SMILES string of the molecule is FC(F)(F)c1nccc2ncc(Br)cc12. The van der Waals surface area contributed by atoms with Gasteiger partial charge in [-0.3, -0.25) is 9.97 Å². The Kier molecular flexibility index (Phi) is 2.38. The smallest absolute Gasteiger partial charge is 0.255 e. The van der Waals surface area contributed by atoms with Gasteiger partial charge in [0.25, 0.3) is 0 Å².